The Balaban J connectivity index is 1.43. The van der Waals surface area contributed by atoms with Gasteiger partial charge in [-0.15, -0.1) is 0 Å². The number of hydrogen-bond acceptors (Lipinski definition) is 0. The first-order valence-corrected chi connectivity index (χ1v) is 11.9. The maximum Gasteiger partial charge on any atom is 0.422 e. The van der Waals surface area contributed by atoms with Gasteiger partial charge in [0.1, 0.15) is 17.2 Å². The van der Waals surface area contributed by atoms with E-state index in [1.807, 2.05) is 12.1 Å². The van der Waals surface area contributed by atoms with Crippen LogP contribution < -0.4 is 0 Å². The molecule has 4 atom stereocenters. The minimum Gasteiger partial charge on any atom is -0.206 e. The zero-order valence-corrected chi connectivity index (χ0v) is 18.5. The molecule has 32 heavy (non-hydrogen) atoms. The van der Waals surface area contributed by atoms with E-state index in [1.165, 1.54) is 56.9 Å². The van der Waals surface area contributed by atoms with E-state index in [4.69, 9.17) is 0 Å². The van der Waals surface area contributed by atoms with E-state index in [0.717, 1.165) is 36.3 Å². The molecule has 0 aromatic heterocycles. The summed E-state index contributed by atoms with van der Waals surface area (Å²) in [5.41, 5.74) is 0.0197. The average Bonchev–Trinajstić information content (AvgIpc) is 2.76. The van der Waals surface area contributed by atoms with Crippen molar-refractivity contribution in [2.24, 2.45) is 17.8 Å². The molecule has 0 nitrogen and oxygen atoms in total. The monoisotopic (exact) mass is 450 g/mol. The molecule has 2 aromatic rings. The molecule has 5 heteroatoms. The summed E-state index contributed by atoms with van der Waals surface area (Å²) in [6, 6.07) is 9.02. The molecule has 4 rings (SSSR count). The van der Waals surface area contributed by atoms with E-state index in [0.29, 0.717) is 11.5 Å². The number of hydrogen-bond donors (Lipinski definition) is 0. The molecule has 2 aromatic carbocycles. The van der Waals surface area contributed by atoms with Crippen molar-refractivity contribution < 1.29 is 22.0 Å². The van der Waals surface area contributed by atoms with Crippen molar-refractivity contribution in [3.05, 3.63) is 59.2 Å². The van der Waals surface area contributed by atoms with E-state index in [-0.39, 0.29) is 5.56 Å². The molecule has 2 fully saturated rings. The standard InChI is InChI=1S/C27H31F5/c1-2-3-4-17-5-6-22-14-21(12-11-20(22)13-17)18-7-9-19(10-8-18)23-15-24(28)26(25(29)16-23)27(30,31)32/h7-10,15-17,20-22H,2-6,11-14H2,1H3/t17?,20-,21-,22-/m1/s1. The molecule has 0 radical (unpaired) electrons. The summed E-state index contributed by atoms with van der Waals surface area (Å²) in [5.74, 6) is -0.146. The summed E-state index contributed by atoms with van der Waals surface area (Å²) < 4.78 is 66.4. The van der Waals surface area contributed by atoms with E-state index >= 15 is 0 Å². The van der Waals surface area contributed by atoms with Gasteiger partial charge in [-0.1, -0.05) is 56.9 Å². The lowest BCUT2D eigenvalue weighted by atomic mass is 9.63. The smallest absolute Gasteiger partial charge is 0.206 e. The maximum absolute atomic E-state index is 14.0. The van der Waals surface area contributed by atoms with Gasteiger partial charge in [-0.05, 0) is 84.6 Å². The van der Waals surface area contributed by atoms with Crippen LogP contribution in [0.15, 0.2) is 36.4 Å². The lowest BCUT2D eigenvalue weighted by Gasteiger charge is -2.42. The second-order valence-corrected chi connectivity index (χ2v) is 9.79. The number of benzene rings is 2. The van der Waals surface area contributed by atoms with Crippen LogP contribution in [0.3, 0.4) is 0 Å². The largest absolute Gasteiger partial charge is 0.422 e. The molecule has 0 spiro atoms. The fourth-order valence-electron chi connectivity index (χ4n) is 6.00. The normalized spacial score (nSPS) is 26.1. The van der Waals surface area contributed by atoms with Crippen molar-refractivity contribution in [1.82, 2.24) is 0 Å². The van der Waals surface area contributed by atoms with Gasteiger partial charge in [-0.3, -0.25) is 0 Å². The molecule has 0 N–H and O–H groups in total. The topological polar surface area (TPSA) is 0 Å². The number of alkyl halides is 3. The van der Waals surface area contributed by atoms with Crippen LogP contribution in [-0.4, -0.2) is 0 Å². The highest BCUT2D eigenvalue weighted by Crippen LogP contribution is 2.48. The zero-order valence-electron chi connectivity index (χ0n) is 18.5. The molecule has 0 saturated heterocycles. The third-order valence-corrected chi connectivity index (χ3v) is 7.73. The van der Waals surface area contributed by atoms with E-state index < -0.39 is 23.4 Å². The van der Waals surface area contributed by atoms with Gasteiger partial charge in [0, 0.05) is 0 Å². The fraction of sp³-hybridized carbons (Fsp3) is 0.556. The molecule has 2 saturated carbocycles. The van der Waals surface area contributed by atoms with Gasteiger partial charge in [-0.2, -0.15) is 13.2 Å². The number of rotatable bonds is 5. The Morgan fingerprint density at radius 3 is 2.06 bits per heavy atom. The second-order valence-electron chi connectivity index (χ2n) is 9.79. The number of fused-ring (bicyclic) bond motifs is 1. The van der Waals surface area contributed by atoms with Crippen LogP contribution in [0.1, 0.15) is 81.8 Å². The van der Waals surface area contributed by atoms with E-state index in [2.05, 4.69) is 6.92 Å². The van der Waals surface area contributed by atoms with Crippen molar-refractivity contribution in [2.75, 3.05) is 0 Å². The molecule has 1 unspecified atom stereocenters. The van der Waals surface area contributed by atoms with Crippen LogP contribution in [0.5, 0.6) is 0 Å². The average molecular weight is 451 g/mol. The summed E-state index contributed by atoms with van der Waals surface area (Å²) in [7, 11) is 0. The SMILES string of the molecule is CCCCC1CC[C@@H]2C[C@H](c3ccc(-c4cc(F)c(C(F)(F)F)c(F)c4)cc3)CC[C@@H]2C1. The Hall–Kier alpha value is -1.91. The van der Waals surface area contributed by atoms with Crippen LogP contribution in [0.4, 0.5) is 22.0 Å². The zero-order chi connectivity index (χ0) is 22.9. The minimum atomic E-state index is -5.05. The molecule has 0 aliphatic heterocycles. The fourth-order valence-corrected chi connectivity index (χ4v) is 6.00. The highest BCUT2D eigenvalue weighted by Gasteiger charge is 2.38. The summed E-state index contributed by atoms with van der Waals surface area (Å²) in [6.45, 7) is 2.26. The van der Waals surface area contributed by atoms with Crippen molar-refractivity contribution in [1.29, 1.82) is 0 Å². The molecular formula is C27H31F5. The second kappa shape index (κ2) is 9.52. The molecule has 174 valence electrons. The van der Waals surface area contributed by atoms with Crippen LogP contribution in [0, 0.1) is 29.4 Å². The third kappa shape index (κ3) is 5.02. The van der Waals surface area contributed by atoms with Crippen LogP contribution in [-0.2, 0) is 6.18 Å². The first-order valence-electron chi connectivity index (χ1n) is 11.9. The molecule has 0 bridgehead atoms. The Morgan fingerprint density at radius 2 is 1.44 bits per heavy atom. The Morgan fingerprint density at radius 1 is 0.812 bits per heavy atom. The van der Waals surface area contributed by atoms with Gasteiger partial charge in [0.05, 0.1) is 0 Å². The molecule has 0 amide bonds. The van der Waals surface area contributed by atoms with E-state index in [1.54, 1.807) is 12.1 Å². The first-order chi connectivity index (χ1) is 15.3. The summed E-state index contributed by atoms with van der Waals surface area (Å²) in [4.78, 5) is 0. The van der Waals surface area contributed by atoms with Gasteiger partial charge >= 0.3 is 6.18 Å². The highest BCUT2D eigenvalue weighted by molar-refractivity contribution is 5.64. The van der Waals surface area contributed by atoms with Crippen molar-refractivity contribution >= 4 is 0 Å². The van der Waals surface area contributed by atoms with Crippen molar-refractivity contribution in [3.63, 3.8) is 0 Å². The van der Waals surface area contributed by atoms with Gasteiger partial charge in [-0.25, -0.2) is 8.78 Å². The highest BCUT2D eigenvalue weighted by atomic mass is 19.4. The Kier molecular flexibility index (Phi) is 6.92. The van der Waals surface area contributed by atoms with Crippen LogP contribution in [0.2, 0.25) is 0 Å². The van der Waals surface area contributed by atoms with Gasteiger partial charge in [0.25, 0.3) is 0 Å². The Labute approximate surface area is 187 Å². The van der Waals surface area contributed by atoms with Gasteiger partial charge < -0.3 is 0 Å². The van der Waals surface area contributed by atoms with Gasteiger partial charge in [0.2, 0.25) is 0 Å². The summed E-state index contributed by atoms with van der Waals surface area (Å²) in [6.07, 6.45) is 6.57. The molecular weight excluding hydrogens is 419 g/mol. The maximum atomic E-state index is 14.0. The lowest BCUT2D eigenvalue weighted by Crippen LogP contribution is -2.30. The minimum absolute atomic E-state index is 0.119. The van der Waals surface area contributed by atoms with Gasteiger partial charge in [0.15, 0.2) is 0 Å². The number of unbranched alkanes of at least 4 members (excludes halogenated alkanes) is 1. The Bertz CT molecular complexity index is 892. The van der Waals surface area contributed by atoms with Crippen molar-refractivity contribution in [2.45, 2.75) is 76.8 Å². The predicted molar refractivity (Wildman–Crippen MR) is 117 cm³/mol. The first kappa shape index (κ1) is 23.3. The number of halogens is 5. The third-order valence-electron chi connectivity index (χ3n) is 7.73. The molecule has 2 aliphatic carbocycles. The molecule has 2 aliphatic rings. The lowest BCUT2D eigenvalue weighted by molar-refractivity contribution is -0.142. The predicted octanol–water partition coefficient (Wildman–Crippen LogP) is 9.14. The van der Waals surface area contributed by atoms with E-state index in [9.17, 15) is 22.0 Å². The van der Waals surface area contributed by atoms with Crippen molar-refractivity contribution in [3.8, 4) is 11.1 Å². The molecule has 0 heterocycles. The summed E-state index contributed by atoms with van der Waals surface area (Å²) in [5, 5.41) is 0. The quantitative estimate of drug-likeness (QED) is 0.398. The van der Waals surface area contributed by atoms with Crippen LogP contribution >= 0.6 is 0 Å². The van der Waals surface area contributed by atoms with Crippen LogP contribution in [0.25, 0.3) is 11.1 Å². The summed E-state index contributed by atoms with van der Waals surface area (Å²) >= 11 is 0.